The second-order valence-electron chi connectivity index (χ2n) is 7.68. The van der Waals surface area contributed by atoms with Gasteiger partial charge in [-0.25, -0.2) is 4.39 Å². The van der Waals surface area contributed by atoms with Gasteiger partial charge in [0.05, 0.1) is 27.2 Å². The molecule has 2 aliphatic heterocycles. The molecular formula is C23H27FN2O5. The molecule has 2 aliphatic rings. The molecule has 7 nitrogen and oxygen atoms in total. The van der Waals surface area contributed by atoms with Gasteiger partial charge in [0.1, 0.15) is 23.1 Å². The molecule has 0 N–H and O–H groups in total. The van der Waals surface area contributed by atoms with Crippen LogP contribution in [0, 0.1) is 5.82 Å². The molecule has 2 aromatic rings. The largest absolute Gasteiger partial charge is 0.497 e. The standard InChI is InChI=1S/C23H27FN2O5/c1-28-20-3-4-21(29-2)17(11-20)13-25-5-7-26(8-6-25)22(27)12-16-9-19(24)10-18-14-30-15-31-23(16)18/h3-4,9-11H,5-8,12-15H2,1-2H3. The van der Waals surface area contributed by atoms with Crippen LogP contribution in [-0.2, 0) is 29.1 Å². The lowest BCUT2D eigenvalue weighted by Crippen LogP contribution is -2.48. The van der Waals surface area contributed by atoms with Crippen molar-refractivity contribution < 1.29 is 28.1 Å². The molecular weight excluding hydrogens is 403 g/mol. The monoisotopic (exact) mass is 430 g/mol. The highest BCUT2D eigenvalue weighted by Gasteiger charge is 2.25. The Kier molecular flexibility index (Phi) is 6.58. The summed E-state index contributed by atoms with van der Waals surface area (Å²) in [6.45, 7) is 3.86. The zero-order chi connectivity index (χ0) is 21.8. The molecule has 8 heteroatoms. The summed E-state index contributed by atoms with van der Waals surface area (Å²) in [5.74, 6) is 1.77. The van der Waals surface area contributed by atoms with Crippen molar-refractivity contribution in [2.45, 2.75) is 19.6 Å². The molecule has 1 fully saturated rings. The van der Waals surface area contributed by atoms with E-state index in [2.05, 4.69) is 4.90 Å². The van der Waals surface area contributed by atoms with E-state index >= 15 is 0 Å². The van der Waals surface area contributed by atoms with Gasteiger partial charge in [-0.05, 0) is 30.3 Å². The second kappa shape index (κ2) is 9.53. The Labute approximate surface area is 181 Å². The molecule has 31 heavy (non-hydrogen) atoms. The molecule has 166 valence electrons. The van der Waals surface area contributed by atoms with Crippen LogP contribution in [0.1, 0.15) is 16.7 Å². The molecule has 4 rings (SSSR count). The Morgan fingerprint density at radius 1 is 1.06 bits per heavy atom. The fourth-order valence-corrected chi connectivity index (χ4v) is 4.06. The van der Waals surface area contributed by atoms with Crippen LogP contribution in [-0.4, -0.2) is 62.9 Å². The first-order valence-corrected chi connectivity index (χ1v) is 10.3. The lowest BCUT2D eigenvalue weighted by Gasteiger charge is -2.35. The van der Waals surface area contributed by atoms with Gasteiger partial charge in [0.15, 0.2) is 6.79 Å². The van der Waals surface area contributed by atoms with Crippen LogP contribution in [0.15, 0.2) is 30.3 Å². The van der Waals surface area contributed by atoms with Crippen LogP contribution in [0.2, 0.25) is 0 Å². The number of halogens is 1. The molecule has 0 spiro atoms. The summed E-state index contributed by atoms with van der Waals surface area (Å²) in [6.07, 6.45) is 0.115. The third kappa shape index (κ3) is 4.91. The molecule has 1 saturated heterocycles. The van der Waals surface area contributed by atoms with E-state index in [0.29, 0.717) is 43.1 Å². The van der Waals surface area contributed by atoms with Crippen molar-refractivity contribution in [1.82, 2.24) is 9.80 Å². The maximum absolute atomic E-state index is 14.0. The number of amides is 1. The number of carbonyl (C=O) groups is 1. The number of methoxy groups -OCH3 is 2. The Morgan fingerprint density at radius 2 is 1.87 bits per heavy atom. The molecule has 0 aliphatic carbocycles. The van der Waals surface area contributed by atoms with Crippen LogP contribution >= 0.6 is 0 Å². The summed E-state index contributed by atoms with van der Waals surface area (Å²) in [4.78, 5) is 17.0. The number of carbonyl (C=O) groups excluding carboxylic acids is 1. The van der Waals surface area contributed by atoms with Gasteiger partial charge in [-0.2, -0.15) is 0 Å². The van der Waals surface area contributed by atoms with Crippen molar-refractivity contribution in [2.75, 3.05) is 47.2 Å². The van der Waals surface area contributed by atoms with E-state index < -0.39 is 0 Å². The van der Waals surface area contributed by atoms with Gasteiger partial charge < -0.3 is 23.8 Å². The van der Waals surface area contributed by atoms with E-state index in [1.165, 1.54) is 12.1 Å². The molecule has 0 saturated carbocycles. The summed E-state index contributed by atoms with van der Waals surface area (Å²) in [6, 6.07) is 8.54. The summed E-state index contributed by atoms with van der Waals surface area (Å²) in [5.41, 5.74) is 2.27. The van der Waals surface area contributed by atoms with E-state index in [-0.39, 0.29) is 24.9 Å². The van der Waals surface area contributed by atoms with Gasteiger partial charge in [-0.1, -0.05) is 0 Å². The van der Waals surface area contributed by atoms with Crippen molar-refractivity contribution in [1.29, 1.82) is 0 Å². The SMILES string of the molecule is COc1ccc(OC)c(CN2CCN(C(=O)Cc3cc(F)cc4c3OCOC4)CC2)c1. The zero-order valence-corrected chi connectivity index (χ0v) is 17.9. The molecule has 2 aromatic carbocycles. The van der Waals surface area contributed by atoms with Gasteiger partial charge in [0, 0.05) is 49.4 Å². The van der Waals surface area contributed by atoms with Crippen molar-refractivity contribution >= 4 is 5.91 Å². The van der Waals surface area contributed by atoms with Gasteiger partial charge in [-0.3, -0.25) is 9.69 Å². The first-order valence-electron chi connectivity index (χ1n) is 10.3. The maximum atomic E-state index is 14.0. The van der Waals surface area contributed by atoms with Gasteiger partial charge in [0.25, 0.3) is 0 Å². The van der Waals surface area contributed by atoms with Crippen LogP contribution in [0.4, 0.5) is 4.39 Å². The van der Waals surface area contributed by atoms with Crippen LogP contribution in [0.25, 0.3) is 0 Å². The van der Waals surface area contributed by atoms with Crippen molar-refractivity contribution in [3.8, 4) is 17.2 Å². The average Bonchev–Trinajstić information content (AvgIpc) is 2.79. The Balaban J connectivity index is 1.36. The van der Waals surface area contributed by atoms with E-state index in [1.807, 2.05) is 23.1 Å². The van der Waals surface area contributed by atoms with Crippen LogP contribution < -0.4 is 14.2 Å². The molecule has 0 bridgehead atoms. The first-order chi connectivity index (χ1) is 15.1. The third-order valence-electron chi connectivity index (χ3n) is 5.70. The van der Waals surface area contributed by atoms with Gasteiger partial charge >= 0.3 is 0 Å². The zero-order valence-electron chi connectivity index (χ0n) is 17.9. The maximum Gasteiger partial charge on any atom is 0.227 e. The van der Waals surface area contributed by atoms with E-state index in [0.717, 1.165) is 30.2 Å². The second-order valence-corrected chi connectivity index (χ2v) is 7.68. The first kappa shape index (κ1) is 21.4. The summed E-state index contributed by atoms with van der Waals surface area (Å²) < 4.78 is 35.5. The Bertz CT molecular complexity index is 944. The van der Waals surface area contributed by atoms with Crippen LogP contribution in [0.5, 0.6) is 17.2 Å². The molecule has 2 heterocycles. The number of hydrogen-bond acceptors (Lipinski definition) is 6. The summed E-state index contributed by atoms with van der Waals surface area (Å²) in [5, 5.41) is 0. The van der Waals surface area contributed by atoms with Crippen molar-refractivity contribution in [3.05, 3.63) is 52.8 Å². The smallest absolute Gasteiger partial charge is 0.227 e. The fraction of sp³-hybridized carbons (Fsp3) is 0.435. The van der Waals surface area contributed by atoms with Crippen molar-refractivity contribution in [2.24, 2.45) is 0 Å². The van der Waals surface area contributed by atoms with E-state index in [4.69, 9.17) is 18.9 Å². The van der Waals surface area contributed by atoms with E-state index in [9.17, 15) is 9.18 Å². The number of piperazine rings is 1. The quantitative estimate of drug-likeness (QED) is 0.702. The number of rotatable bonds is 6. The minimum atomic E-state index is -0.382. The number of fused-ring (bicyclic) bond motifs is 1. The Hall–Kier alpha value is -2.84. The lowest BCUT2D eigenvalue weighted by atomic mass is 10.0. The predicted molar refractivity (Wildman–Crippen MR) is 112 cm³/mol. The van der Waals surface area contributed by atoms with Gasteiger partial charge in [0.2, 0.25) is 5.91 Å². The summed E-state index contributed by atoms with van der Waals surface area (Å²) in [7, 11) is 3.30. The minimum Gasteiger partial charge on any atom is -0.497 e. The molecule has 0 unspecified atom stereocenters. The minimum absolute atomic E-state index is 0.0264. The molecule has 0 aromatic heterocycles. The lowest BCUT2D eigenvalue weighted by molar-refractivity contribution is -0.132. The molecule has 1 amide bonds. The highest BCUT2D eigenvalue weighted by Crippen LogP contribution is 2.30. The van der Waals surface area contributed by atoms with E-state index in [1.54, 1.807) is 14.2 Å². The fourth-order valence-electron chi connectivity index (χ4n) is 4.06. The number of ether oxygens (including phenoxy) is 4. The normalized spacial score (nSPS) is 16.4. The summed E-state index contributed by atoms with van der Waals surface area (Å²) >= 11 is 0. The predicted octanol–water partition coefficient (Wildman–Crippen LogP) is 2.60. The average molecular weight is 430 g/mol. The number of hydrogen-bond donors (Lipinski definition) is 0. The third-order valence-corrected chi connectivity index (χ3v) is 5.70. The topological polar surface area (TPSA) is 60.5 Å². The Morgan fingerprint density at radius 3 is 2.61 bits per heavy atom. The van der Waals surface area contributed by atoms with Crippen LogP contribution in [0.3, 0.4) is 0 Å². The number of benzene rings is 2. The number of nitrogens with zero attached hydrogens (tertiary/aromatic N) is 2. The highest BCUT2D eigenvalue weighted by atomic mass is 19.1. The molecule has 0 atom stereocenters. The van der Waals surface area contributed by atoms with Crippen molar-refractivity contribution in [3.63, 3.8) is 0 Å². The molecule has 0 radical (unpaired) electrons. The highest BCUT2D eigenvalue weighted by molar-refractivity contribution is 5.80. The van der Waals surface area contributed by atoms with Gasteiger partial charge in [-0.15, -0.1) is 0 Å².